The lowest BCUT2D eigenvalue weighted by atomic mass is 9.94. The molecule has 0 radical (unpaired) electrons. The summed E-state index contributed by atoms with van der Waals surface area (Å²) in [6.45, 7) is 1.06. The summed E-state index contributed by atoms with van der Waals surface area (Å²) < 4.78 is 5.58. The van der Waals surface area contributed by atoms with Crippen molar-refractivity contribution in [2.75, 3.05) is 19.8 Å². The number of aldehydes is 1. The second-order valence-electron chi connectivity index (χ2n) is 6.43. The molecule has 0 aromatic heterocycles. The van der Waals surface area contributed by atoms with Crippen molar-refractivity contribution < 1.29 is 14.3 Å². The third-order valence-corrected chi connectivity index (χ3v) is 4.66. The van der Waals surface area contributed by atoms with Gasteiger partial charge in [0.2, 0.25) is 5.91 Å². The predicted octanol–water partition coefficient (Wildman–Crippen LogP) is 2.87. The monoisotopic (exact) mass is 342 g/mol. The second kappa shape index (κ2) is 10.6. The Balaban J connectivity index is 1.71. The zero-order valence-electron chi connectivity index (χ0n) is 14.7. The van der Waals surface area contributed by atoms with Crippen LogP contribution in [0.5, 0.6) is 0 Å². The molecule has 1 aromatic rings. The topological polar surface area (TPSA) is 70.4 Å². The highest BCUT2D eigenvalue weighted by molar-refractivity contribution is 5.79. The van der Waals surface area contributed by atoms with Gasteiger partial charge >= 0.3 is 0 Å². The fourth-order valence-corrected chi connectivity index (χ4v) is 3.32. The van der Waals surface area contributed by atoms with Crippen LogP contribution in [0.15, 0.2) is 24.3 Å². The van der Waals surface area contributed by atoms with Gasteiger partial charge in [0.1, 0.15) is 6.29 Å². The predicted molar refractivity (Wildman–Crippen MR) is 94.9 cm³/mol. The van der Waals surface area contributed by atoms with Gasteiger partial charge in [-0.15, -0.1) is 0 Å². The lowest BCUT2D eigenvalue weighted by Gasteiger charge is -2.33. The number of benzene rings is 1. The molecule has 1 fully saturated rings. The van der Waals surface area contributed by atoms with E-state index in [0.29, 0.717) is 31.6 Å². The van der Waals surface area contributed by atoms with Gasteiger partial charge in [0.25, 0.3) is 0 Å². The fraction of sp³-hybridized carbons (Fsp3) is 0.550. The van der Waals surface area contributed by atoms with E-state index in [0.717, 1.165) is 37.5 Å². The van der Waals surface area contributed by atoms with Gasteiger partial charge in [-0.05, 0) is 37.0 Å². The molecule has 0 saturated heterocycles. The summed E-state index contributed by atoms with van der Waals surface area (Å²) in [6.07, 6.45) is 7.31. The first-order valence-corrected chi connectivity index (χ1v) is 9.04. The van der Waals surface area contributed by atoms with Crippen LogP contribution in [0, 0.1) is 11.3 Å². The molecule has 5 heteroatoms. The molecule has 25 heavy (non-hydrogen) atoms. The highest BCUT2D eigenvalue weighted by atomic mass is 16.5. The number of hydrogen-bond donors (Lipinski definition) is 0. The van der Waals surface area contributed by atoms with E-state index in [9.17, 15) is 9.59 Å². The van der Waals surface area contributed by atoms with Crippen molar-refractivity contribution in [3.05, 3.63) is 35.4 Å². The highest BCUT2D eigenvalue weighted by Gasteiger charge is 2.24. The second-order valence-corrected chi connectivity index (χ2v) is 6.43. The normalized spacial score (nSPS) is 14.7. The quantitative estimate of drug-likeness (QED) is 0.511. The van der Waals surface area contributed by atoms with Gasteiger partial charge in [0, 0.05) is 6.04 Å². The Labute approximate surface area is 149 Å². The molecule has 1 aromatic carbocycles. The number of amides is 1. The standard InChI is InChI=1S/C20H26N2O3/c21-16-18-6-4-5-17(15-18)9-13-25-14-10-20(24)22(11-12-23)19-7-2-1-3-8-19/h4-6,12,15,19H,1-3,7-11,13-14H2. The summed E-state index contributed by atoms with van der Waals surface area (Å²) in [7, 11) is 0. The molecule has 0 unspecified atom stereocenters. The van der Waals surface area contributed by atoms with E-state index in [1.807, 2.05) is 18.2 Å². The van der Waals surface area contributed by atoms with Crippen LogP contribution in [0.3, 0.4) is 0 Å². The van der Waals surface area contributed by atoms with Crippen LogP contribution in [0.4, 0.5) is 0 Å². The minimum atomic E-state index is 0.00507. The maximum atomic E-state index is 12.4. The summed E-state index contributed by atoms with van der Waals surface area (Å²) in [4.78, 5) is 25.0. The molecule has 1 amide bonds. The van der Waals surface area contributed by atoms with Crippen LogP contribution in [-0.4, -0.2) is 42.9 Å². The lowest BCUT2D eigenvalue weighted by Crippen LogP contribution is -2.42. The molecule has 0 aliphatic heterocycles. The average molecular weight is 342 g/mol. The van der Waals surface area contributed by atoms with Gasteiger partial charge in [-0.1, -0.05) is 31.4 Å². The van der Waals surface area contributed by atoms with E-state index < -0.39 is 0 Å². The molecular weight excluding hydrogens is 316 g/mol. The van der Waals surface area contributed by atoms with Gasteiger partial charge in [-0.25, -0.2) is 0 Å². The summed E-state index contributed by atoms with van der Waals surface area (Å²) in [5, 5.41) is 8.89. The van der Waals surface area contributed by atoms with Crippen LogP contribution in [0.1, 0.15) is 49.7 Å². The number of carbonyl (C=O) groups is 2. The van der Waals surface area contributed by atoms with Crippen molar-refractivity contribution in [2.24, 2.45) is 0 Å². The summed E-state index contributed by atoms with van der Waals surface area (Å²) in [5.41, 5.74) is 1.69. The Morgan fingerprint density at radius 2 is 2.08 bits per heavy atom. The molecule has 1 aliphatic rings. The van der Waals surface area contributed by atoms with E-state index in [-0.39, 0.29) is 18.5 Å². The van der Waals surface area contributed by atoms with E-state index in [1.54, 1.807) is 11.0 Å². The minimum absolute atomic E-state index is 0.00507. The van der Waals surface area contributed by atoms with Crippen LogP contribution < -0.4 is 0 Å². The average Bonchev–Trinajstić information content (AvgIpc) is 2.66. The molecule has 0 spiro atoms. The van der Waals surface area contributed by atoms with Crippen molar-refractivity contribution >= 4 is 12.2 Å². The molecular formula is C20H26N2O3. The van der Waals surface area contributed by atoms with Crippen LogP contribution in [0.2, 0.25) is 0 Å². The Morgan fingerprint density at radius 3 is 2.80 bits per heavy atom. The number of carbonyl (C=O) groups excluding carboxylic acids is 2. The zero-order chi connectivity index (χ0) is 17.9. The molecule has 0 N–H and O–H groups in total. The maximum absolute atomic E-state index is 12.4. The van der Waals surface area contributed by atoms with Gasteiger partial charge in [0.15, 0.2) is 0 Å². The molecule has 1 aliphatic carbocycles. The molecule has 2 rings (SSSR count). The van der Waals surface area contributed by atoms with Crippen LogP contribution >= 0.6 is 0 Å². The Bertz CT molecular complexity index is 603. The first-order chi connectivity index (χ1) is 12.2. The largest absolute Gasteiger partial charge is 0.381 e. The van der Waals surface area contributed by atoms with E-state index in [4.69, 9.17) is 10.00 Å². The number of nitrogens with zero attached hydrogens (tertiary/aromatic N) is 2. The molecule has 1 saturated carbocycles. The van der Waals surface area contributed by atoms with Gasteiger partial charge < -0.3 is 14.4 Å². The molecule has 134 valence electrons. The SMILES string of the molecule is N#Cc1cccc(CCOCCC(=O)N(CC=O)C2CCCCC2)c1. The van der Waals surface area contributed by atoms with E-state index in [1.165, 1.54) is 6.42 Å². The third kappa shape index (κ3) is 6.32. The van der Waals surface area contributed by atoms with Crippen LogP contribution in [-0.2, 0) is 20.7 Å². The van der Waals surface area contributed by atoms with Crippen LogP contribution in [0.25, 0.3) is 0 Å². The number of hydrogen-bond acceptors (Lipinski definition) is 4. The van der Waals surface area contributed by atoms with Crippen molar-refractivity contribution in [3.8, 4) is 6.07 Å². The summed E-state index contributed by atoms with van der Waals surface area (Å²) >= 11 is 0. The highest BCUT2D eigenvalue weighted by Crippen LogP contribution is 2.22. The molecule has 0 heterocycles. The van der Waals surface area contributed by atoms with E-state index >= 15 is 0 Å². The zero-order valence-corrected chi connectivity index (χ0v) is 14.7. The lowest BCUT2D eigenvalue weighted by molar-refractivity contribution is -0.137. The number of rotatable bonds is 9. The van der Waals surface area contributed by atoms with Crippen molar-refractivity contribution in [2.45, 2.75) is 51.0 Å². The third-order valence-electron chi connectivity index (χ3n) is 4.66. The number of nitriles is 1. The Kier molecular flexibility index (Phi) is 8.14. The first kappa shape index (κ1) is 19.1. The van der Waals surface area contributed by atoms with Gasteiger partial charge in [-0.2, -0.15) is 5.26 Å². The molecule has 5 nitrogen and oxygen atoms in total. The Morgan fingerprint density at radius 1 is 1.28 bits per heavy atom. The maximum Gasteiger partial charge on any atom is 0.225 e. The Hall–Kier alpha value is -2.19. The van der Waals surface area contributed by atoms with Crippen molar-refractivity contribution in [3.63, 3.8) is 0 Å². The minimum Gasteiger partial charge on any atom is -0.381 e. The summed E-state index contributed by atoms with van der Waals surface area (Å²) in [5.74, 6) is 0.00507. The smallest absolute Gasteiger partial charge is 0.225 e. The number of ether oxygens (including phenoxy) is 1. The first-order valence-electron chi connectivity index (χ1n) is 9.04. The fourth-order valence-electron chi connectivity index (χ4n) is 3.32. The van der Waals surface area contributed by atoms with E-state index in [2.05, 4.69) is 6.07 Å². The summed E-state index contributed by atoms with van der Waals surface area (Å²) in [6, 6.07) is 9.78. The molecule has 0 bridgehead atoms. The van der Waals surface area contributed by atoms with Gasteiger partial charge in [-0.3, -0.25) is 4.79 Å². The van der Waals surface area contributed by atoms with Crippen molar-refractivity contribution in [1.29, 1.82) is 5.26 Å². The molecule has 0 atom stereocenters. The van der Waals surface area contributed by atoms with Crippen molar-refractivity contribution in [1.82, 2.24) is 4.90 Å². The van der Waals surface area contributed by atoms with Gasteiger partial charge in [0.05, 0.1) is 37.8 Å².